The second kappa shape index (κ2) is 8.23. The van der Waals surface area contributed by atoms with Crippen LogP contribution in [0.15, 0.2) is 48.5 Å². The van der Waals surface area contributed by atoms with E-state index in [1.165, 1.54) is 0 Å². The molecule has 1 atom stereocenters. The molecule has 2 aromatic rings. The molecule has 0 saturated carbocycles. The summed E-state index contributed by atoms with van der Waals surface area (Å²) in [4.78, 5) is 25.8. The number of rotatable bonds is 5. The Bertz CT molecular complexity index is 775. The summed E-state index contributed by atoms with van der Waals surface area (Å²) < 4.78 is 0. The van der Waals surface area contributed by atoms with Crippen molar-refractivity contribution >= 4 is 29.2 Å². The largest absolute Gasteiger partial charge is 0.336 e. The Morgan fingerprint density at radius 2 is 1.77 bits per heavy atom. The lowest BCUT2D eigenvalue weighted by Crippen LogP contribution is -2.30. The Morgan fingerprint density at radius 1 is 1.12 bits per heavy atom. The van der Waals surface area contributed by atoms with Crippen molar-refractivity contribution < 1.29 is 9.59 Å². The molecule has 6 heteroatoms. The van der Waals surface area contributed by atoms with Crippen molar-refractivity contribution in [3.8, 4) is 0 Å². The Labute approximate surface area is 158 Å². The SMILES string of the molecule is C[C@H]1CCC(=O)N1Cc1ccc(NC(=O)NCc2ccc(Cl)cc2)cc1. The summed E-state index contributed by atoms with van der Waals surface area (Å²) in [5, 5.41) is 6.28. The number of carbonyl (C=O) groups excluding carboxylic acids is 2. The minimum atomic E-state index is -0.268. The van der Waals surface area contributed by atoms with Crippen molar-refractivity contribution in [2.45, 2.75) is 38.9 Å². The van der Waals surface area contributed by atoms with Gasteiger partial charge >= 0.3 is 6.03 Å². The number of urea groups is 1. The zero-order chi connectivity index (χ0) is 18.5. The van der Waals surface area contributed by atoms with Gasteiger partial charge in [-0.05, 0) is 48.7 Å². The van der Waals surface area contributed by atoms with Crippen LogP contribution in [0.3, 0.4) is 0 Å². The zero-order valence-corrected chi connectivity index (χ0v) is 15.4. The molecular weight excluding hydrogens is 350 g/mol. The normalized spacial score (nSPS) is 16.6. The predicted molar refractivity (Wildman–Crippen MR) is 103 cm³/mol. The van der Waals surface area contributed by atoms with Crippen molar-refractivity contribution in [3.63, 3.8) is 0 Å². The number of halogens is 1. The summed E-state index contributed by atoms with van der Waals surface area (Å²) in [5.74, 6) is 0.210. The highest BCUT2D eigenvalue weighted by atomic mass is 35.5. The fourth-order valence-corrected chi connectivity index (χ4v) is 3.10. The topological polar surface area (TPSA) is 61.4 Å². The molecule has 1 heterocycles. The maximum atomic E-state index is 12.0. The summed E-state index contributed by atoms with van der Waals surface area (Å²) in [6, 6.07) is 14.9. The number of amides is 3. The van der Waals surface area contributed by atoms with Gasteiger partial charge in [0.15, 0.2) is 0 Å². The first kappa shape index (κ1) is 18.3. The molecule has 3 amide bonds. The van der Waals surface area contributed by atoms with Gasteiger partial charge in [0.1, 0.15) is 0 Å². The van der Waals surface area contributed by atoms with Crippen LogP contribution in [0.2, 0.25) is 5.02 Å². The quantitative estimate of drug-likeness (QED) is 0.828. The molecule has 0 bridgehead atoms. The highest BCUT2D eigenvalue weighted by Gasteiger charge is 2.27. The first-order chi connectivity index (χ1) is 12.5. The van der Waals surface area contributed by atoms with E-state index in [9.17, 15) is 9.59 Å². The standard InChI is InChI=1S/C20H22ClN3O2/c1-14-2-11-19(25)24(14)13-16-5-9-18(10-6-16)23-20(26)22-12-15-3-7-17(21)8-4-15/h3-10,14H,2,11-13H2,1H3,(H2,22,23,26)/t14-/m0/s1. The number of hydrogen-bond donors (Lipinski definition) is 2. The third-order valence-electron chi connectivity index (χ3n) is 4.56. The number of carbonyl (C=O) groups is 2. The Hall–Kier alpha value is -2.53. The van der Waals surface area contributed by atoms with Crippen LogP contribution in [-0.4, -0.2) is 22.9 Å². The number of nitrogens with one attached hydrogen (secondary N) is 2. The van der Waals surface area contributed by atoms with E-state index in [1.807, 2.05) is 41.3 Å². The van der Waals surface area contributed by atoms with Crippen LogP contribution >= 0.6 is 11.6 Å². The van der Waals surface area contributed by atoms with Crippen molar-refractivity contribution in [3.05, 3.63) is 64.7 Å². The monoisotopic (exact) mass is 371 g/mol. The second-order valence-corrected chi connectivity index (χ2v) is 6.98. The molecule has 1 aliphatic heterocycles. The summed E-state index contributed by atoms with van der Waals surface area (Å²) in [7, 11) is 0. The number of benzene rings is 2. The molecule has 136 valence electrons. The van der Waals surface area contributed by atoms with E-state index in [0.29, 0.717) is 36.3 Å². The zero-order valence-electron chi connectivity index (χ0n) is 14.7. The molecule has 0 unspecified atom stereocenters. The van der Waals surface area contributed by atoms with Gasteiger partial charge in [-0.3, -0.25) is 4.79 Å². The van der Waals surface area contributed by atoms with Crippen molar-refractivity contribution in [2.24, 2.45) is 0 Å². The van der Waals surface area contributed by atoms with Crippen molar-refractivity contribution in [2.75, 3.05) is 5.32 Å². The predicted octanol–water partition coefficient (Wildman–Crippen LogP) is 4.17. The number of likely N-dealkylation sites (tertiary alicyclic amines) is 1. The molecule has 1 fully saturated rings. The van der Waals surface area contributed by atoms with Gasteiger partial charge in [-0.25, -0.2) is 4.79 Å². The van der Waals surface area contributed by atoms with Gasteiger partial charge in [-0.15, -0.1) is 0 Å². The molecular formula is C20H22ClN3O2. The van der Waals surface area contributed by atoms with E-state index < -0.39 is 0 Å². The fraction of sp³-hybridized carbons (Fsp3) is 0.300. The molecule has 3 rings (SSSR count). The Morgan fingerprint density at radius 3 is 2.38 bits per heavy atom. The molecule has 2 aromatic carbocycles. The molecule has 0 spiro atoms. The number of hydrogen-bond acceptors (Lipinski definition) is 2. The van der Waals surface area contributed by atoms with Crippen molar-refractivity contribution in [1.82, 2.24) is 10.2 Å². The highest BCUT2D eigenvalue weighted by Crippen LogP contribution is 2.21. The summed E-state index contributed by atoms with van der Waals surface area (Å²) >= 11 is 5.84. The van der Waals surface area contributed by atoms with Crippen LogP contribution in [0.1, 0.15) is 30.9 Å². The second-order valence-electron chi connectivity index (χ2n) is 6.54. The number of anilines is 1. The molecule has 0 radical (unpaired) electrons. The summed E-state index contributed by atoms with van der Waals surface area (Å²) in [5.41, 5.74) is 2.74. The minimum Gasteiger partial charge on any atom is -0.336 e. The fourth-order valence-electron chi connectivity index (χ4n) is 2.97. The van der Waals surface area contributed by atoms with Gasteiger partial charge in [0, 0.05) is 36.3 Å². The molecule has 1 saturated heterocycles. The van der Waals surface area contributed by atoms with E-state index in [4.69, 9.17) is 11.6 Å². The van der Waals surface area contributed by atoms with E-state index in [2.05, 4.69) is 17.6 Å². The smallest absolute Gasteiger partial charge is 0.319 e. The lowest BCUT2D eigenvalue weighted by Gasteiger charge is -2.21. The molecule has 0 aliphatic carbocycles. The van der Waals surface area contributed by atoms with Gasteiger partial charge in [-0.2, -0.15) is 0 Å². The lowest BCUT2D eigenvalue weighted by molar-refractivity contribution is -0.129. The molecule has 26 heavy (non-hydrogen) atoms. The molecule has 1 aliphatic rings. The van der Waals surface area contributed by atoms with E-state index in [0.717, 1.165) is 17.5 Å². The average molecular weight is 372 g/mol. The van der Waals surface area contributed by atoms with E-state index >= 15 is 0 Å². The number of nitrogens with zero attached hydrogens (tertiary/aromatic N) is 1. The highest BCUT2D eigenvalue weighted by molar-refractivity contribution is 6.30. The van der Waals surface area contributed by atoms with Crippen LogP contribution in [0.5, 0.6) is 0 Å². The Balaban J connectivity index is 1.49. The van der Waals surface area contributed by atoms with Gasteiger partial charge in [0.25, 0.3) is 0 Å². The maximum Gasteiger partial charge on any atom is 0.319 e. The van der Waals surface area contributed by atoms with E-state index in [-0.39, 0.29) is 11.9 Å². The maximum absolute atomic E-state index is 12.0. The van der Waals surface area contributed by atoms with Gasteiger partial charge in [0.05, 0.1) is 0 Å². The molecule has 0 aromatic heterocycles. The summed E-state index contributed by atoms with van der Waals surface area (Å²) in [6.45, 7) is 3.12. The lowest BCUT2D eigenvalue weighted by atomic mass is 10.2. The van der Waals surface area contributed by atoms with Crippen LogP contribution in [0.25, 0.3) is 0 Å². The Kier molecular flexibility index (Phi) is 5.78. The van der Waals surface area contributed by atoms with Crippen LogP contribution in [-0.2, 0) is 17.9 Å². The van der Waals surface area contributed by atoms with Gasteiger partial charge < -0.3 is 15.5 Å². The minimum absolute atomic E-state index is 0.210. The first-order valence-corrected chi connectivity index (χ1v) is 9.07. The van der Waals surface area contributed by atoms with E-state index in [1.54, 1.807) is 12.1 Å². The third-order valence-corrected chi connectivity index (χ3v) is 4.81. The van der Waals surface area contributed by atoms with Crippen molar-refractivity contribution in [1.29, 1.82) is 0 Å². The molecule has 2 N–H and O–H groups in total. The molecule has 5 nitrogen and oxygen atoms in total. The van der Waals surface area contributed by atoms with Gasteiger partial charge in [-0.1, -0.05) is 35.9 Å². The average Bonchev–Trinajstić information content (AvgIpc) is 2.95. The van der Waals surface area contributed by atoms with Crippen LogP contribution < -0.4 is 10.6 Å². The van der Waals surface area contributed by atoms with Crippen LogP contribution in [0.4, 0.5) is 10.5 Å². The first-order valence-electron chi connectivity index (χ1n) is 8.69. The summed E-state index contributed by atoms with van der Waals surface area (Å²) in [6.07, 6.45) is 1.56. The third kappa shape index (κ3) is 4.76. The van der Waals surface area contributed by atoms with Crippen LogP contribution in [0, 0.1) is 0 Å². The van der Waals surface area contributed by atoms with Gasteiger partial charge in [0.2, 0.25) is 5.91 Å².